The van der Waals surface area contributed by atoms with Crippen molar-refractivity contribution in [2.75, 3.05) is 13.2 Å². The molecular formula is C16H23NO3. The van der Waals surface area contributed by atoms with Gasteiger partial charge in [0.15, 0.2) is 12.1 Å². The van der Waals surface area contributed by atoms with Crippen molar-refractivity contribution in [3.8, 4) is 0 Å². The average Bonchev–Trinajstić information content (AvgIpc) is 2.39. The second-order valence-electron chi connectivity index (χ2n) is 5.58. The van der Waals surface area contributed by atoms with E-state index in [0.717, 1.165) is 23.1 Å². The van der Waals surface area contributed by atoms with E-state index in [2.05, 4.69) is 6.58 Å². The SMILES string of the molecule is C=C(C)CCOC1C=C(CN)C2CC(=O)C(C)=CC2O1. The van der Waals surface area contributed by atoms with Gasteiger partial charge in [-0.05, 0) is 43.6 Å². The van der Waals surface area contributed by atoms with Crippen LogP contribution in [0.1, 0.15) is 26.7 Å². The highest BCUT2D eigenvalue weighted by Gasteiger charge is 2.36. The Labute approximate surface area is 120 Å². The maximum absolute atomic E-state index is 11.8. The lowest BCUT2D eigenvalue weighted by Gasteiger charge is -2.37. The number of ether oxygens (including phenoxy) is 2. The third-order valence-corrected chi connectivity index (χ3v) is 3.82. The Balaban J connectivity index is 2.06. The van der Waals surface area contributed by atoms with Crippen LogP contribution in [-0.4, -0.2) is 31.3 Å². The predicted octanol–water partition coefficient (Wildman–Crippen LogP) is 2.11. The third-order valence-electron chi connectivity index (χ3n) is 3.82. The predicted molar refractivity (Wildman–Crippen MR) is 78.1 cm³/mol. The number of allylic oxidation sites excluding steroid dienone is 1. The van der Waals surface area contributed by atoms with Crippen LogP contribution in [-0.2, 0) is 14.3 Å². The van der Waals surface area contributed by atoms with Crippen LogP contribution >= 0.6 is 0 Å². The van der Waals surface area contributed by atoms with Crippen LogP contribution in [0.5, 0.6) is 0 Å². The maximum Gasteiger partial charge on any atom is 0.177 e. The van der Waals surface area contributed by atoms with E-state index in [0.29, 0.717) is 19.6 Å². The molecule has 4 heteroatoms. The molecule has 0 aromatic carbocycles. The molecule has 0 bridgehead atoms. The molecule has 0 aromatic heterocycles. The second-order valence-corrected chi connectivity index (χ2v) is 5.58. The molecule has 3 unspecified atom stereocenters. The quantitative estimate of drug-likeness (QED) is 0.782. The zero-order valence-electron chi connectivity index (χ0n) is 12.2. The van der Waals surface area contributed by atoms with Crippen LogP contribution in [0.15, 0.2) is 35.5 Å². The molecule has 2 N–H and O–H groups in total. The maximum atomic E-state index is 11.8. The van der Waals surface area contributed by atoms with Gasteiger partial charge in [0.25, 0.3) is 0 Å². The number of fused-ring (bicyclic) bond motifs is 1. The summed E-state index contributed by atoms with van der Waals surface area (Å²) >= 11 is 0. The number of ketones is 1. The zero-order valence-corrected chi connectivity index (χ0v) is 12.2. The van der Waals surface area contributed by atoms with Crippen molar-refractivity contribution < 1.29 is 14.3 Å². The van der Waals surface area contributed by atoms with Gasteiger partial charge in [-0.25, -0.2) is 0 Å². The van der Waals surface area contributed by atoms with Crippen LogP contribution in [0, 0.1) is 5.92 Å². The fourth-order valence-electron chi connectivity index (χ4n) is 2.56. The lowest BCUT2D eigenvalue weighted by Crippen LogP contribution is -2.40. The lowest BCUT2D eigenvalue weighted by atomic mass is 9.80. The Morgan fingerprint density at radius 3 is 2.95 bits per heavy atom. The number of carbonyl (C=O) groups is 1. The first-order valence-corrected chi connectivity index (χ1v) is 7.05. The summed E-state index contributed by atoms with van der Waals surface area (Å²) in [5.74, 6) is 0.244. The molecule has 0 saturated carbocycles. The minimum atomic E-state index is -0.383. The van der Waals surface area contributed by atoms with E-state index in [1.807, 2.05) is 26.0 Å². The summed E-state index contributed by atoms with van der Waals surface area (Å²) in [7, 11) is 0. The van der Waals surface area contributed by atoms with Crippen molar-refractivity contribution in [3.05, 3.63) is 35.5 Å². The monoisotopic (exact) mass is 277 g/mol. The highest BCUT2D eigenvalue weighted by molar-refractivity contribution is 5.96. The zero-order chi connectivity index (χ0) is 14.7. The van der Waals surface area contributed by atoms with Crippen LogP contribution in [0.25, 0.3) is 0 Å². The van der Waals surface area contributed by atoms with Crippen LogP contribution in [0.4, 0.5) is 0 Å². The second kappa shape index (κ2) is 6.48. The largest absolute Gasteiger partial charge is 0.349 e. The molecule has 2 rings (SSSR count). The molecule has 20 heavy (non-hydrogen) atoms. The number of hydrogen-bond acceptors (Lipinski definition) is 4. The number of nitrogens with two attached hydrogens (primary N) is 1. The van der Waals surface area contributed by atoms with Gasteiger partial charge in [-0.2, -0.15) is 0 Å². The summed E-state index contributed by atoms with van der Waals surface area (Å²) in [6.45, 7) is 8.67. The topological polar surface area (TPSA) is 61.5 Å². The fraction of sp³-hybridized carbons (Fsp3) is 0.562. The summed E-state index contributed by atoms with van der Waals surface area (Å²) in [5.41, 5.74) is 8.71. The van der Waals surface area contributed by atoms with E-state index < -0.39 is 0 Å². The van der Waals surface area contributed by atoms with Crippen molar-refractivity contribution >= 4 is 5.78 Å². The number of Topliss-reactive ketones (excluding diaryl/α,β-unsaturated/α-hetero) is 1. The lowest BCUT2D eigenvalue weighted by molar-refractivity contribution is -0.152. The van der Waals surface area contributed by atoms with Gasteiger partial charge in [0.2, 0.25) is 0 Å². The van der Waals surface area contributed by atoms with E-state index in [9.17, 15) is 4.79 Å². The minimum absolute atomic E-state index is 0.0668. The van der Waals surface area contributed by atoms with Crippen molar-refractivity contribution in [2.45, 2.75) is 39.1 Å². The van der Waals surface area contributed by atoms with Crippen LogP contribution in [0.2, 0.25) is 0 Å². The first-order valence-electron chi connectivity index (χ1n) is 7.05. The van der Waals surface area contributed by atoms with Crippen LogP contribution < -0.4 is 5.73 Å². The fourth-order valence-corrected chi connectivity index (χ4v) is 2.56. The van der Waals surface area contributed by atoms with Crippen molar-refractivity contribution in [1.29, 1.82) is 0 Å². The van der Waals surface area contributed by atoms with Gasteiger partial charge in [0, 0.05) is 18.9 Å². The molecule has 0 amide bonds. The Morgan fingerprint density at radius 2 is 2.30 bits per heavy atom. The summed E-state index contributed by atoms with van der Waals surface area (Å²) in [6, 6.07) is 0. The Hall–Kier alpha value is -1.23. The highest BCUT2D eigenvalue weighted by Crippen LogP contribution is 2.34. The molecule has 1 aliphatic heterocycles. The molecule has 1 aliphatic carbocycles. The molecular weight excluding hydrogens is 254 g/mol. The molecule has 0 saturated heterocycles. The minimum Gasteiger partial charge on any atom is -0.349 e. The van der Waals surface area contributed by atoms with Gasteiger partial charge in [-0.15, -0.1) is 6.58 Å². The van der Waals surface area contributed by atoms with Gasteiger partial charge >= 0.3 is 0 Å². The summed E-state index contributed by atoms with van der Waals surface area (Å²) in [4.78, 5) is 11.8. The van der Waals surface area contributed by atoms with E-state index in [1.54, 1.807) is 0 Å². The van der Waals surface area contributed by atoms with Crippen molar-refractivity contribution in [1.82, 2.24) is 0 Å². The number of rotatable bonds is 5. The van der Waals surface area contributed by atoms with Crippen LogP contribution in [0.3, 0.4) is 0 Å². The van der Waals surface area contributed by atoms with E-state index in [-0.39, 0.29) is 24.1 Å². The van der Waals surface area contributed by atoms with Crippen molar-refractivity contribution in [3.63, 3.8) is 0 Å². The molecule has 2 aliphatic rings. The standard InChI is InChI=1S/C16H23NO3/c1-10(2)4-5-19-16-7-12(9-17)13-8-14(18)11(3)6-15(13)20-16/h6-7,13,15-16H,1,4-5,8-9,17H2,2-3H3. The molecule has 3 atom stereocenters. The summed E-state index contributed by atoms with van der Waals surface area (Å²) in [6.07, 6.45) is 4.62. The molecule has 110 valence electrons. The molecule has 0 spiro atoms. The average molecular weight is 277 g/mol. The van der Waals surface area contributed by atoms with E-state index in [4.69, 9.17) is 15.2 Å². The van der Waals surface area contributed by atoms with E-state index in [1.165, 1.54) is 0 Å². The first kappa shape index (κ1) is 15.2. The first-order chi connectivity index (χ1) is 9.51. The summed E-state index contributed by atoms with van der Waals surface area (Å²) < 4.78 is 11.6. The van der Waals surface area contributed by atoms with E-state index >= 15 is 0 Å². The smallest absolute Gasteiger partial charge is 0.177 e. The molecule has 0 fully saturated rings. The highest BCUT2D eigenvalue weighted by atomic mass is 16.7. The van der Waals surface area contributed by atoms with Gasteiger partial charge in [-0.3, -0.25) is 4.79 Å². The third kappa shape index (κ3) is 3.45. The Bertz CT molecular complexity index is 464. The molecule has 0 radical (unpaired) electrons. The summed E-state index contributed by atoms with van der Waals surface area (Å²) in [5, 5.41) is 0. The van der Waals surface area contributed by atoms with Gasteiger partial charge < -0.3 is 15.2 Å². The Kier molecular flexibility index (Phi) is 4.91. The molecule has 0 aromatic rings. The molecule has 4 nitrogen and oxygen atoms in total. The Morgan fingerprint density at radius 1 is 1.55 bits per heavy atom. The van der Waals surface area contributed by atoms with Gasteiger partial charge in [-0.1, -0.05) is 5.57 Å². The normalized spacial score (nSPS) is 29.6. The van der Waals surface area contributed by atoms with Gasteiger partial charge in [0.05, 0.1) is 12.7 Å². The number of hydrogen-bond donors (Lipinski definition) is 1. The molecule has 1 heterocycles. The number of carbonyl (C=O) groups excluding carboxylic acids is 1. The van der Waals surface area contributed by atoms with Crippen molar-refractivity contribution in [2.24, 2.45) is 11.7 Å². The van der Waals surface area contributed by atoms with Gasteiger partial charge in [0.1, 0.15) is 0 Å².